The van der Waals surface area contributed by atoms with E-state index in [1.165, 1.54) is 11.1 Å². The van der Waals surface area contributed by atoms with Gasteiger partial charge in [-0.2, -0.15) is 0 Å². The fourth-order valence-electron chi connectivity index (χ4n) is 5.54. The number of nitrogens with one attached hydrogen (secondary N) is 1. The molecule has 1 N–H and O–H groups in total. The molecule has 0 aliphatic carbocycles. The van der Waals surface area contributed by atoms with Gasteiger partial charge < -0.3 is 14.4 Å². The van der Waals surface area contributed by atoms with Gasteiger partial charge in [0.05, 0.1) is 31.5 Å². The molecule has 36 heavy (non-hydrogen) atoms. The van der Waals surface area contributed by atoms with Gasteiger partial charge in [-0.3, -0.25) is 10.1 Å². The Morgan fingerprint density at radius 1 is 1.11 bits per heavy atom. The molecule has 196 valence electrons. The van der Waals surface area contributed by atoms with Crippen LogP contribution >= 0.6 is 0 Å². The van der Waals surface area contributed by atoms with E-state index >= 15 is 0 Å². The molecular formula is C31H44N2O3. The summed E-state index contributed by atoms with van der Waals surface area (Å²) in [5, 5.41) is 3.73. The highest BCUT2D eigenvalue weighted by molar-refractivity contribution is 5.77. The average Bonchev–Trinajstić information content (AvgIpc) is 3.28. The van der Waals surface area contributed by atoms with Gasteiger partial charge in [-0.1, -0.05) is 63.2 Å². The second-order valence-corrected chi connectivity index (χ2v) is 12.2. The Morgan fingerprint density at radius 3 is 2.50 bits per heavy atom. The van der Waals surface area contributed by atoms with E-state index in [1.54, 1.807) is 7.11 Å². The van der Waals surface area contributed by atoms with Crippen LogP contribution in [0, 0.1) is 5.92 Å². The molecule has 5 nitrogen and oxygen atoms in total. The number of hydrogen-bond acceptors (Lipinski definition) is 4. The molecule has 3 unspecified atom stereocenters. The first kappa shape index (κ1) is 26.7. The summed E-state index contributed by atoms with van der Waals surface area (Å²) in [5.74, 6) is 1.39. The molecule has 0 spiro atoms. The number of amides is 1. The minimum Gasteiger partial charge on any atom is -0.496 e. The molecule has 2 aromatic carbocycles. The summed E-state index contributed by atoms with van der Waals surface area (Å²) in [4.78, 5) is 15.9. The van der Waals surface area contributed by atoms with Gasteiger partial charge in [0, 0.05) is 18.5 Å². The summed E-state index contributed by atoms with van der Waals surface area (Å²) >= 11 is 0. The molecule has 0 aromatic heterocycles. The third-order valence-corrected chi connectivity index (χ3v) is 7.86. The third-order valence-electron chi connectivity index (χ3n) is 7.86. The highest BCUT2D eigenvalue weighted by atomic mass is 16.5. The fraction of sp³-hybridized carbons (Fsp3) is 0.581. The van der Waals surface area contributed by atoms with E-state index in [2.05, 4.69) is 87.3 Å². The van der Waals surface area contributed by atoms with Crippen molar-refractivity contribution in [2.75, 3.05) is 13.7 Å². The quantitative estimate of drug-likeness (QED) is 0.488. The lowest BCUT2D eigenvalue weighted by Gasteiger charge is -2.37. The van der Waals surface area contributed by atoms with Gasteiger partial charge >= 0.3 is 0 Å². The van der Waals surface area contributed by atoms with Crippen molar-refractivity contribution in [2.45, 2.75) is 96.5 Å². The molecule has 2 fully saturated rings. The first-order valence-corrected chi connectivity index (χ1v) is 13.5. The Morgan fingerprint density at radius 2 is 1.86 bits per heavy atom. The van der Waals surface area contributed by atoms with Gasteiger partial charge in [-0.05, 0) is 68.1 Å². The van der Waals surface area contributed by atoms with Crippen LogP contribution in [0.25, 0.3) is 0 Å². The minimum atomic E-state index is -0.0789. The van der Waals surface area contributed by atoms with E-state index in [1.807, 2.05) is 6.07 Å². The monoisotopic (exact) mass is 492 g/mol. The number of nitrogens with zero attached hydrogens (tertiary/aromatic N) is 1. The molecule has 2 aromatic rings. The smallest absolute Gasteiger partial charge is 0.224 e. The number of methoxy groups -OCH3 is 1. The van der Waals surface area contributed by atoms with Crippen molar-refractivity contribution >= 4 is 5.91 Å². The Balaban J connectivity index is 1.52. The van der Waals surface area contributed by atoms with Gasteiger partial charge in [0.1, 0.15) is 5.75 Å². The van der Waals surface area contributed by atoms with Crippen molar-refractivity contribution in [1.82, 2.24) is 10.2 Å². The number of hydrogen-bond donors (Lipinski definition) is 1. The summed E-state index contributed by atoms with van der Waals surface area (Å²) < 4.78 is 11.7. The van der Waals surface area contributed by atoms with Gasteiger partial charge in [-0.15, -0.1) is 0 Å². The van der Waals surface area contributed by atoms with Crippen LogP contribution in [-0.4, -0.2) is 36.3 Å². The van der Waals surface area contributed by atoms with E-state index in [9.17, 15) is 4.79 Å². The van der Waals surface area contributed by atoms with E-state index in [0.717, 1.165) is 37.0 Å². The maximum Gasteiger partial charge on any atom is 0.224 e. The molecule has 2 aliphatic rings. The standard InChI is InChI=1S/C31H44N2O3/c1-30(2,3)25-12-14-27(35-6)24(19-25)20-32-28-15-13-26(23-10-8-7-9-11-23)33(28)29(34)18-22-16-17-31(4,5)36-21-22/h7-12,14,19,22,26,28,32H,13,15-18,20-21H2,1-6H3. The van der Waals surface area contributed by atoms with Crippen LogP contribution in [0.2, 0.25) is 0 Å². The van der Waals surface area contributed by atoms with Crippen molar-refractivity contribution in [3.63, 3.8) is 0 Å². The second kappa shape index (κ2) is 10.9. The molecule has 1 amide bonds. The maximum absolute atomic E-state index is 13.8. The summed E-state index contributed by atoms with van der Waals surface area (Å²) in [5.41, 5.74) is 3.60. The zero-order chi connectivity index (χ0) is 25.9. The molecule has 0 radical (unpaired) electrons. The predicted octanol–water partition coefficient (Wildman–Crippen LogP) is 6.37. The van der Waals surface area contributed by atoms with E-state index < -0.39 is 0 Å². The summed E-state index contributed by atoms with van der Waals surface area (Å²) in [7, 11) is 1.72. The lowest BCUT2D eigenvalue weighted by Crippen LogP contribution is -2.46. The number of carbonyl (C=O) groups excluding carboxylic acids is 1. The lowest BCUT2D eigenvalue weighted by atomic mass is 9.86. The molecule has 4 rings (SSSR count). The zero-order valence-corrected chi connectivity index (χ0v) is 23.0. The SMILES string of the molecule is COc1ccc(C(C)(C)C)cc1CNC1CCC(c2ccccc2)N1C(=O)CC1CCC(C)(C)OC1. The Kier molecular flexibility index (Phi) is 8.11. The van der Waals surface area contributed by atoms with Gasteiger partial charge in [-0.25, -0.2) is 0 Å². The van der Waals surface area contributed by atoms with Crippen molar-refractivity contribution in [2.24, 2.45) is 5.92 Å². The molecule has 5 heteroatoms. The molecule has 2 saturated heterocycles. The zero-order valence-electron chi connectivity index (χ0n) is 23.0. The van der Waals surface area contributed by atoms with Crippen LogP contribution in [0.5, 0.6) is 5.75 Å². The van der Waals surface area contributed by atoms with E-state index in [0.29, 0.717) is 19.6 Å². The third kappa shape index (κ3) is 6.30. The largest absolute Gasteiger partial charge is 0.496 e. The molecule has 0 bridgehead atoms. The van der Waals surface area contributed by atoms with Crippen molar-refractivity contribution in [1.29, 1.82) is 0 Å². The Hall–Kier alpha value is -2.37. The molecule has 0 saturated carbocycles. The average molecular weight is 493 g/mol. The number of benzene rings is 2. The molecule has 3 atom stereocenters. The second-order valence-electron chi connectivity index (χ2n) is 12.2. The summed E-state index contributed by atoms with van der Waals surface area (Å²) in [6.45, 7) is 12.3. The van der Waals surface area contributed by atoms with Crippen LogP contribution < -0.4 is 10.1 Å². The van der Waals surface area contributed by atoms with Crippen LogP contribution in [0.1, 0.15) is 89.5 Å². The van der Waals surface area contributed by atoms with Crippen molar-refractivity contribution in [3.05, 3.63) is 65.2 Å². The number of ether oxygens (including phenoxy) is 2. The van der Waals surface area contributed by atoms with Crippen LogP contribution in [0.3, 0.4) is 0 Å². The first-order chi connectivity index (χ1) is 17.1. The predicted molar refractivity (Wildman–Crippen MR) is 145 cm³/mol. The van der Waals surface area contributed by atoms with Crippen LogP contribution in [0.15, 0.2) is 48.5 Å². The summed E-state index contributed by atoms with van der Waals surface area (Å²) in [6.07, 6.45) is 4.46. The number of likely N-dealkylation sites (tertiary alicyclic amines) is 1. The molecular weight excluding hydrogens is 448 g/mol. The Labute approximate surface area is 217 Å². The summed E-state index contributed by atoms with van der Waals surface area (Å²) in [6, 6.07) is 17.0. The van der Waals surface area contributed by atoms with Crippen molar-refractivity contribution < 1.29 is 14.3 Å². The van der Waals surface area contributed by atoms with E-state index in [-0.39, 0.29) is 35.0 Å². The fourth-order valence-corrected chi connectivity index (χ4v) is 5.54. The number of carbonyl (C=O) groups is 1. The minimum absolute atomic E-state index is 0.00773. The van der Waals surface area contributed by atoms with Gasteiger partial charge in [0.25, 0.3) is 0 Å². The maximum atomic E-state index is 13.8. The molecule has 2 heterocycles. The van der Waals surface area contributed by atoms with Crippen LogP contribution in [0.4, 0.5) is 0 Å². The number of rotatable bonds is 7. The van der Waals surface area contributed by atoms with Crippen LogP contribution in [-0.2, 0) is 21.5 Å². The normalized spacial score (nSPS) is 24.1. The highest BCUT2D eigenvalue weighted by Crippen LogP contribution is 2.38. The van der Waals surface area contributed by atoms with Gasteiger partial charge in [0.2, 0.25) is 5.91 Å². The van der Waals surface area contributed by atoms with Gasteiger partial charge in [0.15, 0.2) is 0 Å². The highest BCUT2D eigenvalue weighted by Gasteiger charge is 2.39. The van der Waals surface area contributed by atoms with E-state index in [4.69, 9.17) is 9.47 Å². The first-order valence-electron chi connectivity index (χ1n) is 13.5. The molecule has 2 aliphatic heterocycles. The van der Waals surface area contributed by atoms with Crippen molar-refractivity contribution in [3.8, 4) is 5.75 Å². The Bertz CT molecular complexity index is 1020. The topological polar surface area (TPSA) is 50.8 Å². The lowest BCUT2D eigenvalue weighted by molar-refractivity contribution is -0.139.